The average molecular weight is 563 g/mol. The number of piperidine rings is 1. The van der Waals surface area contributed by atoms with Crippen molar-refractivity contribution in [1.82, 2.24) is 9.47 Å². The van der Waals surface area contributed by atoms with Gasteiger partial charge in [-0.3, -0.25) is 4.79 Å². The SMILES string of the molecule is CCc1ccc2c(Sc3cccc(C(=O)O)c3)c(C)n(CC(=O)N3CCCC(Cc4ccc(F)cc4)C3)c2c1F. The van der Waals surface area contributed by atoms with Crippen LogP contribution in [0.15, 0.2) is 70.5 Å². The molecule has 1 amide bonds. The molecule has 3 aromatic carbocycles. The Morgan fingerprint density at radius 2 is 1.85 bits per heavy atom. The third-order valence-corrected chi connectivity index (χ3v) is 8.94. The number of benzene rings is 3. The normalized spacial score (nSPS) is 15.5. The zero-order chi connectivity index (χ0) is 28.4. The molecule has 208 valence electrons. The van der Waals surface area contributed by atoms with Crippen LogP contribution in [0.25, 0.3) is 10.9 Å². The molecule has 1 N–H and O–H groups in total. The molecule has 4 aromatic rings. The van der Waals surface area contributed by atoms with Gasteiger partial charge in [0.15, 0.2) is 5.82 Å². The molecule has 1 aliphatic rings. The smallest absolute Gasteiger partial charge is 0.335 e. The summed E-state index contributed by atoms with van der Waals surface area (Å²) < 4.78 is 30.9. The molecule has 0 spiro atoms. The lowest BCUT2D eigenvalue weighted by Crippen LogP contribution is -2.42. The van der Waals surface area contributed by atoms with Gasteiger partial charge in [0.25, 0.3) is 0 Å². The Hall–Kier alpha value is -3.65. The zero-order valence-electron chi connectivity index (χ0n) is 22.6. The number of aromatic nitrogens is 1. The van der Waals surface area contributed by atoms with Gasteiger partial charge < -0.3 is 14.6 Å². The molecule has 5 nitrogen and oxygen atoms in total. The lowest BCUT2D eigenvalue weighted by Gasteiger charge is -2.33. The van der Waals surface area contributed by atoms with E-state index in [0.717, 1.165) is 40.3 Å². The summed E-state index contributed by atoms with van der Waals surface area (Å²) in [6.45, 7) is 5.07. The van der Waals surface area contributed by atoms with Crippen LogP contribution in [0.4, 0.5) is 8.78 Å². The third kappa shape index (κ3) is 5.77. The highest BCUT2D eigenvalue weighted by molar-refractivity contribution is 7.99. The summed E-state index contributed by atoms with van der Waals surface area (Å²) in [4.78, 5) is 28.5. The van der Waals surface area contributed by atoms with E-state index in [2.05, 4.69) is 0 Å². The summed E-state index contributed by atoms with van der Waals surface area (Å²) >= 11 is 1.38. The largest absolute Gasteiger partial charge is 0.478 e. The maximum Gasteiger partial charge on any atom is 0.335 e. The highest BCUT2D eigenvalue weighted by Crippen LogP contribution is 2.40. The monoisotopic (exact) mass is 562 g/mol. The van der Waals surface area contributed by atoms with Crippen LogP contribution in [-0.4, -0.2) is 39.5 Å². The first-order chi connectivity index (χ1) is 19.2. The number of carbonyl (C=O) groups is 2. The number of hydrogen-bond acceptors (Lipinski definition) is 3. The average Bonchev–Trinajstić information content (AvgIpc) is 3.21. The van der Waals surface area contributed by atoms with Crippen LogP contribution in [-0.2, 0) is 24.2 Å². The Bertz CT molecular complexity index is 1560. The molecule has 8 heteroatoms. The van der Waals surface area contributed by atoms with Crippen molar-refractivity contribution < 1.29 is 23.5 Å². The maximum absolute atomic E-state index is 15.8. The van der Waals surface area contributed by atoms with Crippen LogP contribution >= 0.6 is 11.8 Å². The van der Waals surface area contributed by atoms with Crippen molar-refractivity contribution in [3.05, 3.63) is 94.7 Å². The van der Waals surface area contributed by atoms with E-state index in [1.54, 1.807) is 34.9 Å². The first-order valence-corrected chi connectivity index (χ1v) is 14.4. The van der Waals surface area contributed by atoms with Gasteiger partial charge in [-0.25, -0.2) is 13.6 Å². The van der Waals surface area contributed by atoms with Crippen molar-refractivity contribution in [1.29, 1.82) is 0 Å². The molecule has 1 saturated heterocycles. The fraction of sp³-hybridized carbons (Fsp3) is 0.312. The number of likely N-dealkylation sites (tertiary alicyclic amines) is 1. The minimum Gasteiger partial charge on any atom is -0.478 e. The summed E-state index contributed by atoms with van der Waals surface area (Å²) in [5, 5.41) is 10.1. The molecule has 0 saturated carbocycles. The van der Waals surface area contributed by atoms with Gasteiger partial charge >= 0.3 is 5.97 Å². The van der Waals surface area contributed by atoms with Gasteiger partial charge in [0, 0.05) is 34.0 Å². The van der Waals surface area contributed by atoms with Crippen LogP contribution in [0.2, 0.25) is 0 Å². The minimum atomic E-state index is -1.01. The topological polar surface area (TPSA) is 62.5 Å². The number of nitrogens with zero attached hydrogens (tertiary/aromatic N) is 2. The number of aryl methyl sites for hydroxylation is 1. The zero-order valence-corrected chi connectivity index (χ0v) is 23.4. The lowest BCUT2D eigenvalue weighted by molar-refractivity contribution is -0.133. The first-order valence-electron chi connectivity index (χ1n) is 13.6. The quantitative estimate of drug-likeness (QED) is 0.248. The standard InChI is InChI=1S/C32H32F2N2O3S/c1-3-23-11-14-27-30(29(23)34)36(20(2)31(27)40-26-8-4-7-24(17-26)32(38)39)19-28(37)35-15-5-6-22(18-35)16-21-9-12-25(33)13-10-21/h4,7-14,17,22H,3,5-6,15-16,18-19H2,1-2H3,(H,38,39). The lowest BCUT2D eigenvalue weighted by atomic mass is 9.91. The minimum absolute atomic E-state index is 0.0193. The number of carboxylic acids is 1. The third-order valence-electron chi connectivity index (χ3n) is 7.73. The van der Waals surface area contributed by atoms with Crippen molar-refractivity contribution >= 4 is 34.5 Å². The number of rotatable bonds is 8. The number of halogens is 2. The van der Waals surface area contributed by atoms with E-state index in [0.29, 0.717) is 36.0 Å². The van der Waals surface area contributed by atoms with E-state index >= 15 is 4.39 Å². The molecule has 1 aliphatic heterocycles. The van der Waals surface area contributed by atoms with E-state index in [1.807, 2.05) is 30.9 Å². The van der Waals surface area contributed by atoms with E-state index in [1.165, 1.54) is 30.0 Å². The molecule has 40 heavy (non-hydrogen) atoms. The van der Waals surface area contributed by atoms with Gasteiger partial charge in [-0.1, -0.05) is 49.0 Å². The van der Waals surface area contributed by atoms with Gasteiger partial charge in [-0.2, -0.15) is 0 Å². The van der Waals surface area contributed by atoms with Crippen LogP contribution in [0.1, 0.15) is 46.9 Å². The Morgan fingerprint density at radius 1 is 1.07 bits per heavy atom. The summed E-state index contributed by atoms with van der Waals surface area (Å²) in [5.41, 5.74) is 2.99. The van der Waals surface area contributed by atoms with E-state index in [4.69, 9.17) is 0 Å². The Kier molecular flexibility index (Phi) is 8.26. The molecule has 2 heterocycles. The summed E-state index contributed by atoms with van der Waals surface area (Å²) in [7, 11) is 0. The van der Waals surface area contributed by atoms with Gasteiger partial charge in [0.2, 0.25) is 5.91 Å². The predicted molar refractivity (Wildman–Crippen MR) is 153 cm³/mol. The van der Waals surface area contributed by atoms with Crippen molar-refractivity contribution in [2.24, 2.45) is 5.92 Å². The maximum atomic E-state index is 15.8. The molecular formula is C32H32F2N2O3S. The van der Waals surface area contributed by atoms with Crippen molar-refractivity contribution in [2.45, 2.75) is 55.9 Å². The number of aromatic carboxylic acids is 1. The first kappa shape index (κ1) is 27.9. The number of carboxylic acid groups (broad SMARTS) is 1. The summed E-state index contributed by atoms with van der Waals surface area (Å²) in [6.07, 6.45) is 3.19. The number of hydrogen-bond donors (Lipinski definition) is 1. The molecule has 1 aromatic heterocycles. The fourth-order valence-corrected chi connectivity index (χ4v) is 6.70. The number of carbonyl (C=O) groups excluding carboxylic acids is 1. The highest BCUT2D eigenvalue weighted by Gasteiger charge is 2.27. The number of amides is 1. The van der Waals surface area contributed by atoms with Crippen molar-refractivity contribution in [3.8, 4) is 0 Å². The molecule has 5 rings (SSSR count). The van der Waals surface area contributed by atoms with Crippen LogP contribution in [0.5, 0.6) is 0 Å². The fourth-order valence-electron chi connectivity index (χ4n) is 5.60. The Balaban J connectivity index is 1.43. The van der Waals surface area contributed by atoms with Crippen LogP contribution in [0.3, 0.4) is 0 Å². The molecule has 0 bridgehead atoms. The van der Waals surface area contributed by atoms with Crippen molar-refractivity contribution in [3.63, 3.8) is 0 Å². The summed E-state index contributed by atoms with van der Waals surface area (Å²) in [5.74, 6) is -1.37. The second-order valence-electron chi connectivity index (χ2n) is 10.4. The Morgan fingerprint density at radius 3 is 2.58 bits per heavy atom. The van der Waals surface area contributed by atoms with Gasteiger partial charge in [0.05, 0.1) is 11.1 Å². The summed E-state index contributed by atoms with van der Waals surface area (Å²) in [6, 6.07) is 16.9. The molecule has 0 aliphatic carbocycles. The highest BCUT2D eigenvalue weighted by atomic mass is 32.2. The van der Waals surface area contributed by atoms with Crippen LogP contribution in [0, 0.1) is 24.5 Å². The van der Waals surface area contributed by atoms with Gasteiger partial charge in [0.1, 0.15) is 12.4 Å². The molecule has 1 unspecified atom stereocenters. The van der Waals surface area contributed by atoms with Crippen LogP contribution < -0.4 is 0 Å². The predicted octanol–water partition coefficient (Wildman–Crippen LogP) is 7.12. The molecular weight excluding hydrogens is 530 g/mol. The molecule has 1 fully saturated rings. The molecule has 1 atom stereocenters. The molecule has 0 radical (unpaired) electrons. The van der Waals surface area contributed by atoms with E-state index < -0.39 is 5.97 Å². The van der Waals surface area contributed by atoms with Gasteiger partial charge in [-0.15, -0.1) is 0 Å². The second kappa shape index (κ2) is 11.8. The van der Waals surface area contributed by atoms with Gasteiger partial charge in [-0.05, 0) is 80.0 Å². The van der Waals surface area contributed by atoms with E-state index in [9.17, 15) is 19.1 Å². The Labute approximate surface area is 236 Å². The van der Waals surface area contributed by atoms with Crippen molar-refractivity contribution in [2.75, 3.05) is 13.1 Å². The second-order valence-corrected chi connectivity index (χ2v) is 11.5. The van der Waals surface area contributed by atoms with E-state index in [-0.39, 0.29) is 35.6 Å². The number of fused-ring (bicyclic) bond motifs is 1.